The molecule has 0 atom stereocenters. The summed E-state index contributed by atoms with van der Waals surface area (Å²) in [6.45, 7) is 4.35. The molecule has 190 valence electrons. The quantitative estimate of drug-likeness (QED) is 0.190. The van der Waals surface area contributed by atoms with E-state index in [0.29, 0.717) is 0 Å². The summed E-state index contributed by atoms with van der Waals surface area (Å²) < 4.78 is 5.56. The largest absolute Gasteiger partial charge is 0.141 e. The van der Waals surface area contributed by atoms with E-state index in [1.807, 2.05) is 45.3 Å². The van der Waals surface area contributed by atoms with E-state index in [1.165, 1.54) is 92.5 Å². The molecule has 4 heteroatoms. The summed E-state index contributed by atoms with van der Waals surface area (Å²) in [4.78, 5) is 5.39. The Morgan fingerprint density at radius 3 is 1.27 bits per heavy atom. The molecule has 0 nitrogen and oxygen atoms in total. The molecule has 4 aromatic heterocycles. The van der Waals surface area contributed by atoms with Crippen molar-refractivity contribution in [2.45, 2.75) is 13.8 Å². The lowest BCUT2D eigenvalue weighted by atomic mass is 10.0. The van der Waals surface area contributed by atoms with Crippen molar-refractivity contribution >= 4 is 107 Å². The molecule has 0 aliphatic carbocycles. The summed E-state index contributed by atoms with van der Waals surface area (Å²) in [5.41, 5.74) is 2.62. The predicted molar refractivity (Wildman–Crippen MR) is 183 cm³/mol. The van der Waals surface area contributed by atoms with Gasteiger partial charge in [-0.05, 0) is 107 Å². The summed E-state index contributed by atoms with van der Waals surface area (Å²) in [7, 11) is 0. The lowest BCUT2D eigenvalue weighted by Gasteiger charge is -2.03. The Balaban J connectivity index is 1.24. The Labute approximate surface area is 247 Å². The van der Waals surface area contributed by atoms with Gasteiger partial charge < -0.3 is 0 Å². The van der Waals surface area contributed by atoms with Gasteiger partial charge in [0.15, 0.2) is 0 Å². The minimum absolute atomic E-state index is 1.31. The fourth-order valence-electron chi connectivity index (χ4n) is 6.04. The maximum Gasteiger partial charge on any atom is 0.0534 e. The highest BCUT2D eigenvalue weighted by Gasteiger charge is 2.15. The van der Waals surface area contributed by atoms with Gasteiger partial charge in [-0.1, -0.05) is 36.4 Å². The molecule has 4 heterocycles. The Morgan fingerprint density at radius 2 is 0.850 bits per heavy atom. The summed E-state index contributed by atoms with van der Waals surface area (Å²) in [6, 6.07) is 37.0. The second-order valence-electron chi connectivity index (χ2n) is 10.7. The number of hydrogen-bond acceptors (Lipinski definition) is 4. The molecule has 0 fully saturated rings. The lowest BCUT2D eigenvalue weighted by Crippen LogP contribution is -1.77. The molecule has 5 aromatic carbocycles. The fourth-order valence-corrected chi connectivity index (χ4v) is 10.4. The van der Waals surface area contributed by atoms with E-state index in [4.69, 9.17) is 0 Å². The third kappa shape index (κ3) is 3.47. The maximum absolute atomic E-state index is 2.40. The first-order valence-corrected chi connectivity index (χ1v) is 16.7. The normalized spacial score (nSPS) is 12.2. The first-order valence-electron chi connectivity index (χ1n) is 13.4. The highest BCUT2D eigenvalue weighted by atomic mass is 32.1. The zero-order valence-electron chi connectivity index (χ0n) is 21.9. The minimum Gasteiger partial charge on any atom is -0.141 e. The van der Waals surface area contributed by atoms with Gasteiger partial charge in [0.1, 0.15) is 0 Å². The van der Waals surface area contributed by atoms with Crippen LogP contribution in [-0.4, -0.2) is 0 Å². The number of fused-ring (bicyclic) bond motifs is 9. The minimum atomic E-state index is 1.31. The van der Waals surface area contributed by atoms with Crippen molar-refractivity contribution in [3.63, 3.8) is 0 Å². The van der Waals surface area contributed by atoms with Crippen molar-refractivity contribution in [1.29, 1.82) is 0 Å². The number of aryl methyl sites for hydroxylation is 2. The van der Waals surface area contributed by atoms with Gasteiger partial charge in [0, 0.05) is 50.5 Å². The van der Waals surface area contributed by atoms with E-state index in [-0.39, 0.29) is 0 Å². The van der Waals surface area contributed by atoms with Gasteiger partial charge >= 0.3 is 0 Å². The van der Waals surface area contributed by atoms with E-state index in [1.54, 1.807) is 0 Å². The number of thiophene rings is 4. The molecule has 0 spiro atoms. The molecule has 0 N–H and O–H groups in total. The van der Waals surface area contributed by atoms with Crippen molar-refractivity contribution in [1.82, 2.24) is 0 Å². The van der Waals surface area contributed by atoms with Crippen LogP contribution < -0.4 is 0 Å². The standard InChI is InChI=1S/C36H22S4/c1-19-3-11-31(37-19)23-7-5-21-15-29-27-9-10-28-30-16-22-6-8-24(32-12-4-20(2)38-32)14-26(22)18-34(30)40-36(28)35(27)39-33(29)17-25(21)13-23/h3-18H,1-2H3. The van der Waals surface area contributed by atoms with Crippen molar-refractivity contribution < 1.29 is 0 Å². The first kappa shape index (κ1) is 23.2. The van der Waals surface area contributed by atoms with Gasteiger partial charge in [0.25, 0.3) is 0 Å². The van der Waals surface area contributed by atoms with Gasteiger partial charge in [0.2, 0.25) is 0 Å². The van der Waals surface area contributed by atoms with Gasteiger partial charge in [-0.3, -0.25) is 0 Å². The second-order valence-corrected chi connectivity index (χ2v) is 15.3. The fraction of sp³-hybridized carbons (Fsp3) is 0.0556. The molecule has 9 aromatic rings. The van der Waals surface area contributed by atoms with Crippen LogP contribution in [0.1, 0.15) is 9.75 Å². The van der Waals surface area contributed by atoms with E-state index in [9.17, 15) is 0 Å². The Hall–Kier alpha value is -3.54. The van der Waals surface area contributed by atoms with Crippen molar-refractivity contribution in [2.24, 2.45) is 0 Å². The Bertz CT molecular complexity index is 2290. The third-order valence-electron chi connectivity index (χ3n) is 8.04. The Kier molecular flexibility index (Phi) is 4.92. The maximum atomic E-state index is 2.40. The molecule has 0 aliphatic heterocycles. The predicted octanol–water partition coefficient (Wildman–Crippen LogP) is 12.8. The van der Waals surface area contributed by atoms with Crippen LogP contribution in [0.4, 0.5) is 0 Å². The molecule has 0 unspecified atom stereocenters. The highest BCUT2D eigenvalue weighted by Crippen LogP contribution is 2.46. The van der Waals surface area contributed by atoms with Crippen LogP contribution in [0.3, 0.4) is 0 Å². The summed E-state index contributed by atoms with van der Waals surface area (Å²) in [5, 5.41) is 10.7. The molecule has 40 heavy (non-hydrogen) atoms. The van der Waals surface area contributed by atoms with Crippen LogP contribution in [-0.2, 0) is 0 Å². The molecular formula is C36H22S4. The summed E-state index contributed by atoms with van der Waals surface area (Å²) in [5.74, 6) is 0. The molecule has 0 bridgehead atoms. The van der Waals surface area contributed by atoms with Crippen molar-refractivity contribution in [3.8, 4) is 20.9 Å². The highest BCUT2D eigenvalue weighted by molar-refractivity contribution is 7.33. The van der Waals surface area contributed by atoms with Crippen LogP contribution in [0.25, 0.3) is 82.8 Å². The first-order chi connectivity index (χ1) is 19.6. The molecule has 9 rings (SSSR count). The average Bonchev–Trinajstić information content (AvgIpc) is 3.75. The molecular weight excluding hydrogens is 561 g/mol. The molecule has 0 amide bonds. The van der Waals surface area contributed by atoms with Crippen molar-refractivity contribution in [3.05, 3.63) is 107 Å². The topological polar surface area (TPSA) is 0 Å². The van der Waals surface area contributed by atoms with Crippen LogP contribution in [0.5, 0.6) is 0 Å². The second kappa shape index (κ2) is 8.48. The van der Waals surface area contributed by atoms with E-state index in [2.05, 4.69) is 111 Å². The van der Waals surface area contributed by atoms with Crippen molar-refractivity contribution in [2.75, 3.05) is 0 Å². The number of hydrogen-bond donors (Lipinski definition) is 0. The van der Waals surface area contributed by atoms with Crippen LogP contribution in [0, 0.1) is 13.8 Å². The van der Waals surface area contributed by atoms with Gasteiger partial charge in [-0.2, -0.15) is 0 Å². The van der Waals surface area contributed by atoms with Crippen LogP contribution in [0.15, 0.2) is 97.1 Å². The molecule has 0 saturated heterocycles. The molecule has 0 radical (unpaired) electrons. The smallest absolute Gasteiger partial charge is 0.0534 e. The molecule has 0 aliphatic rings. The summed E-state index contributed by atoms with van der Waals surface area (Å²) >= 11 is 7.63. The lowest BCUT2D eigenvalue weighted by molar-refractivity contribution is 1.64. The molecule has 0 saturated carbocycles. The van der Waals surface area contributed by atoms with Gasteiger partial charge in [-0.15, -0.1) is 45.3 Å². The van der Waals surface area contributed by atoms with E-state index in [0.717, 1.165) is 0 Å². The average molecular weight is 583 g/mol. The zero-order valence-corrected chi connectivity index (χ0v) is 25.1. The number of benzene rings is 5. The monoisotopic (exact) mass is 582 g/mol. The third-order valence-corrected chi connectivity index (χ3v) is 12.6. The van der Waals surface area contributed by atoms with Gasteiger partial charge in [0.05, 0.1) is 9.40 Å². The SMILES string of the molecule is Cc1ccc(-c2ccc3cc4c(cc3c2)sc2c4ccc3c4cc5ccc(-c6ccc(C)s6)cc5cc4sc32)s1. The summed E-state index contributed by atoms with van der Waals surface area (Å²) in [6.07, 6.45) is 0. The Morgan fingerprint density at radius 1 is 0.375 bits per heavy atom. The van der Waals surface area contributed by atoms with E-state index >= 15 is 0 Å². The zero-order chi connectivity index (χ0) is 26.5. The van der Waals surface area contributed by atoms with Crippen LogP contribution in [0.2, 0.25) is 0 Å². The van der Waals surface area contributed by atoms with Gasteiger partial charge in [-0.25, -0.2) is 0 Å². The van der Waals surface area contributed by atoms with Crippen LogP contribution >= 0.6 is 45.3 Å². The number of rotatable bonds is 2. The van der Waals surface area contributed by atoms with E-state index < -0.39 is 0 Å².